The van der Waals surface area contributed by atoms with Crippen LogP contribution in [0.3, 0.4) is 0 Å². The lowest BCUT2D eigenvalue weighted by Gasteiger charge is -2.16. The zero-order valence-corrected chi connectivity index (χ0v) is 12.8. The van der Waals surface area contributed by atoms with Gasteiger partial charge in [0.25, 0.3) is 0 Å². The molecule has 21 heavy (non-hydrogen) atoms. The van der Waals surface area contributed by atoms with Gasteiger partial charge in [-0.05, 0) is 18.9 Å². The van der Waals surface area contributed by atoms with Crippen molar-refractivity contribution in [2.75, 3.05) is 21.3 Å². The zero-order valence-electron chi connectivity index (χ0n) is 12.8. The highest BCUT2D eigenvalue weighted by atomic mass is 16.5. The van der Waals surface area contributed by atoms with Crippen LogP contribution in [-0.4, -0.2) is 33.2 Å². The summed E-state index contributed by atoms with van der Waals surface area (Å²) < 4.78 is 16.0. The topological polar surface area (TPSA) is 78.1 Å². The van der Waals surface area contributed by atoms with Crippen LogP contribution in [0.1, 0.15) is 31.2 Å². The molecule has 0 unspecified atom stereocenters. The number of aliphatic imine (C=N–C) groups is 1. The molecule has 1 aliphatic rings. The molecule has 0 aromatic heterocycles. The van der Waals surface area contributed by atoms with E-state index in [9.17, 15) is 0 Å². The maximum atomic E-state index is 5.66. The molecule has 1 fully saturated rings. The summed E-state index contributed by atoms with van der Waals surface area (Å²) in [6.07, 6.45) is 4.63. The maximum absolute atomic E-state index is 5.66. The van der Waals surface area contributed by atoms with Crippen molar-refractivity contribution >= 4 is 5.84 Å². The van der Waals surface area contributed by atoms with E-state index in [1.807, 2.05) is 6.07 Å². The Balaban J connectivity index is 2.43. The van der Waals surface area contributed by atoms with E-state index >= 15 is 0 Å². The fraction of sp³-hybridized carbons (Fsp3) is 0.533. The summed E-state index contributed by atoms with van der Waals surface area (Å²) in [6, 6.07) is 3.91. The third kappa shape index (κ3) is 3.39. The fourth-order valence-corrected chi connectivity index (χ4v) is 2.61. The summed E-state index contributed by atoms with van der Waals surface area (Å²) in [6.45, 7) is 0. The van der Waals surface area contributed by atoms with Crippen molar-refractivity contribution in [3.05, 3.63) is 17.7 Å². The molecule has 0 bridgehead atoms. The van der Waals surface area contributed by atoms with Crippen molar-refractivity contribution in [2.45, 2.75) is 31.7 Å². The maximum Gasteiger partial charge on any atom is 0.164 e. The number of nitrogens with zero attached hydrogens (tertiary/aromatic N) is 1. The third-order valence-electron chi connectivity index (χ3n) is 3.73. The van der Waals surface area contributed by atoms with Crippen LogP contribution >= 0.6 is 0 Å². The molecule has 1 saturated carbocycles. The number of benzene rings is 1. The second-order valence-electron chi connectivity index (χ2n) is 4.97. The summed E-state index contributed by atoms with van der Waals surface area (Å²) in [5.74, 6) is 8.13. The van der Waals surface area contributed by atoms with Crippen molar-refractivity contribution in [1.82, 2.24) is 5.43 Å². The van der Waals surface area contributed by atoms with Gasteiger partial charge in [-0.3, -0.25) is 4.99 Å². The average molecular weight is 293 g/mol. The van der Waals surface area contributed by atoms with E-state index in [0.29, 0.717) is 29.1 Å². The van der Waals surface area contributed by atoms with Gasteiger partial charge in [-0.2, -0.15) is 0 Å². The molecule has 116 valence electrons. The monoisotopic (exact) mass is 293 g/mol. The summed E-state index contributed by atoms with van der Waals surface area (Å²) in [7, 11) is 4.79. The molecule has 0 saturated heterocycles. The van der Waals surface area contributed by atoms with E-state index in [0.717, 1.165) is 18.4 Å². The minimum Gasteiger partial charge on any atom is -0.496 e. The van der Waals surface area contributed by atoms with Crippen LogP contribution in [0, 0.1) is 0 Å². The smallest absolute Gasteiger partial charge is 0.164 e. The summed E-state index contributed by atoms with van der Waals surface area (Å²) in [4.78, 5) is 4.71. The summed E-state index contributed by atoms with van der Waals surface area (Å²) in [5, 5.41) is 0. The highest BCUT2D eigenvalue weighted by molar-refractivity contribution is 6.01. The molecule has 6 nitrogen and oxygen atoms in total. The largest absolute Gasteiger partial charge is 0.496 e. The quantitative estimate of drug-likeness (QED) is 0.375. The fourth-order valence-electron chi connectivity index (χ4n) is 2.61. The number of hydrazine groups is 1. The molecule has 3 N–H and O–H groups in total. The van der Waals surface area contributed by atoms with Gasteiger partial charge in [0.05, 0.1) is 32.9 Å². The van der Waals surface area contributed by atoms with Crippen molar-refractivity contribution in [3.63, 3.8) is 0 Å². The second kappa shape index (κ2) is 7.17. The number of nitrogens with two attached hydrogens (primary N) is 1. The minimum atomic E-state index is 0.314. The minimum absolute atomic E-state index is 0.314. The highest BCUT2D eigenvalue weighted by Crippen LogP contribution is 2.35. The Morgan fingerprint density at radius 2 is 1.62 bits per heavy atom. The molecular weight excluding hydrogens is 270 g/mol. The molecule has 0 heterocycles. The first-order valence-electron chi connectivity index (χ1n) is 7.08. The van der Waals surface area contributed by atoms with Crippen molar-refractivity contribution in [2.24, 2.45) is 10.8 Å². The predicted octanol–water partition coefficient (Wildman–Crippen LogP) is 1.86. The van der Waals surface area contributed by atoms with Crippen LogP contribution < -0.4 is 25.5 Å². The lowest BCUT2D eigenvalue weighted by atomic mass is 10.1. The van der Waals surface area contributed by atoms with E-state index in [-0.39, 0.29) is 0 Å². The van der Waals surface area contributed by atoms with Gasteiger partial charge in [-0.25, -0.2) is 5.84 Å². The molecule has 0 spiro atoms. The molecule has 0 amide bonds. The van der Waals surface area contributed by atoms with Gasteiger partial charge >= 0.3 is 0 Å². The lowest BCUT2D eigenvalue weighted by Crippen LogP contribution is -2.32. The van der Waals surface area contributed by atoms with Gasteiger partial charge in [-0.15, -0.1) is 0 Å². The Morgan fingerprint density at radius 1 is 1.05 bits per heavy atom. The second-order valence-corrected chi connectivity index (χ2v) is 4.97. The van der Waals surface area contributed by atoms with E-state index < -0.39 is 0 Å². The van der Waals surface area contributed by atoms with Crippen molar-refractivity contribution in [3.8, 4) is 17.2 Å². The van der Waals surface area contributed by atoms with E-state index in [1.165, 1.54) is 12.8 Å². The first-order chi connectivity index (χ1) is 10.2. The van der Waals surface area contributed by atoms with Crippen LogP contribution in [0.15, 0.2) is 17.1 Å². The average Bonchev–Trinajstić information content (AvgIpc) is 3.04. The third-order valence-corrected chi connectivity index (χ3v) is 3.73. The molecule has 1 aromatic rings. The first kappa shape index (κ1) is 15.4. The van der Waals surface area contributed by atoms with Gasteiger partial charge in [0.2, 0.25) is 0 Å². The van der Waals surface area contributed by atoms with Crippen LogP contribution in [-0.2, 0) is 0 Å². The zero-order chi connectivity index (χ0) is 15.2. The first-order valence-corrected chi connectivity index (χ1v) is 7.08. The van der Waals surface area contributed by atoms with Crippen LogP contribution in [0.4, 0.5) is 0 Å². The number of methoxy groups -OCH3 is 3. The van der Waals surface area contributed by atoms with Gasteiger partial charge in [0.15, 0.2) is 11.5 Å². The standard InChI is InChI=1S/C15H23N3O3/c1-19-12-9-14(21-3)13(20-2)8-11(12)15(18-16)17-10-6-4-5-7-10/h8-10H,4-7,16H2,1-3H3,(H,17,18). The molecule has 1 aromatic carbocycles. The Kier molecular flexibility index (Phi) is 5.27. The number of ether oxygens (including phenoxy) is 3. The van der Waals surface area contributed by atoms with Crippen LogP contribution in [0.5, 0.6) is 17.2 Å². The number of rotatable bonds is 5. The lowest BCUT2D eigenvalue weighted by molar-refractivity contribution is 0.348. The molecule has 0 atom stereocenters. The molecule has 2 rings (SSSR count). The molecule has 0 radical (unpaired) electrons. The van der Waals surface area contributed by atoms with Gasteiger partial charge in [0.1, 0.15) is 11.6 Å². The SMILES string of the molecule is COc1cc(OC)c(C(=NC2CCCC2)NN)cc1OC. The summed E-state index contributed by atoms with van der Waals surface area (Å²) >= 11 is 0. The van der Waals surface area contributed by atoms with Gasteiger partial charge < -0.3 is 19.6 Å². The Labute approximate surface area is 125 Å². The van der Waals surface area contributed by atoms with Crippen molar-refractivity contribution < 1.29 is 14.2 Å². The van der Waals surface area contributed by atoms with Crippen LogP contribution in [0.25, 0.3) is 0 Å². The Morgan fingerprint density at radius 3 is 2.14 bits per heavy atom. The molecule has 1 aliphatic carbocycles. The Hall–Kier alpha value is -1.95. The number of nitrogens with one attached hydrogen (secondary N) is 1. The predicted molar refractivity (Wildman–Crippen MR) is 82.2 cm³/mol. The molecule has 0 aliphatic heterocycles. The molecular formula is C15H23N3O3. The van der Waals surface area contributed by atoms with Crippen LogP contribution in [0.2, 0.25) is 0 Å². The normalized spacial score (nSPS) is 15.9. The van der Waals surface area contributed by atoms with Crippen molar-refractivity contribution in [1.29, 1.82) is 0 Å². The van der Waals surface area contributed by atoms with Gasteiger partial charge in [0, 0.05) is 6.07 Å². The Bertz CT molecular complexity index is 511. The van der Waals surface area contributed by atoms with E-state index in [4.69, 9.17) is 25.0 Å². The number of hydrogen-bond donors (Lipinski definition) is 2. The van der Waals surface area contributed by atoms with Gasteiger partial charge in [-0.1, -0.05) is 12.8 Å². The number of hydrogen-bond acceptors (Lipinski definition) is 5. The number of amidine groups is 1. The molecule has 6 heteroatoms. The highest BCUT2D eigenvalue weighted by Gasteiger charge is 2.19. The summed E-state index contributed by atoms with van der Waals surface area (Å²) in [5.41, 5.74) is 3.45. The van der Waals surface area contributed by atoms with E-state index in [1.54, 1.807) is 27.4 Å². The van der Waals surface area contributed by atoms with E-state index in [2.05, 4.69) is 5.43 Å².